The lowest BCUT2D eigenvalue weighted by Gasteiger charge is -1.85. The fraction of sp³-hybridized carbons (Fsp3) is 0.125. The van der Waals surface area contributed by atoms with Crippen molar-refractivity contribution in [3.05, 3.63) is 29.7 Å². The van der Waals surface area contributed by atoms with Gasteiger partial charge in [0.1, 0.15) is 18.1 Å². The molecular formula is C8H8O4. The molecule has 0 bridgehead atoms. The zero-order valence-electron chi connectivity index (χ0n) is 6.23. The van der Waals surface area contributed by atoms with Crippen molar-refractivity contribution in [3.63, 3.8) is 0 Å². The van der Waals surface area contributed by atoms with E-state index in [2.05, 4.69) is 0 Å². The summed E-state index contributed by atoms with van der Waals surface area (Å²) in [5, 5.41) is 16.9. The van der Waals surface area contributed by atoms with Gasteiger partial charge in [-0.05, 0) is 18.2 Å². The lowest BCUT2D eigenvalue weighted by molar-refractivity contribution is -0.131. The van der Waals surface area contributed by atoms with Crippen molar-refractivity contribution in [2.75, 3.05) is 0 Å². The van der Waals surface area contributed by atoms with Crippen molar-refractivity contribution in [2.24, 2.45) is 0 Å². The molecule has 2 N–H and O–H groups in total. The number of rotatable bonds is 3. The number of aliphatic carboxylic acids is 1. The first-order valence-electron chi connectivity index (χ1n) is 3.33. The molecule has 0 amide bonds. The summed E-state index contributed by atoms with van der Waals surface area (Å²) in [6.07, 6.45) is 2.29. The van der Waals surface area contributed by atoms with E-state index in [0.717, 1.165) is 6.08 Å². The number of furan rings is 1. The summed E-state index contributed by atoms with van der Waals surface area (Å²) in [6, 6.07) is 3.17. The molecule has 1 aromatic rings. The van der Waals surface area contributed by atoms with Crippen LogP contribution in [0.5, 0.6) is 0 Å². The van der Waals surface area contributed by atoms with E-state index in [1.165, 1.54) is 6.08 Å². The van der Waals surface area contributed by atoms with Crippen LogP contribution in [-0.4, -0.2) is 16.2 Å². The van der Waals surface area contributed by atoms with Crippen molar-refractivity contribution in [3.8, 4) is 0 Å². The summed E-state index contributed by atoms with van der Waals surface area (Å²) in [5.41, 5.74) is 0. The maximum Gasteiger partial charge on any atom is 0.328 e. The standard InChI is InChI=1S/C8H8O4/c9-5-7-2-1-6(12-7)3-4-8(10)11/h1-4,9H,5H2,(H,10,11)/b4-3+. The van der Waals surface area contributed by atoms with E-state index < -0.39 is 5.97 Å². The Morgan fingerprint density at radius 1 is 1.58 bits per heavy atom. The molecule has 0 unspecified atom stereocenters. The summed E-state index contributed by atoms with van der Waals surface area (Å²) >= 11 is 0. The minimum Gasteiger partial charge on any atom is -0.478 e. The van der Waals surface area contributed by atoms with Gasteiger partial charge in [-0.1, -0.05) is 0 Å². The molecule has 0 fully saturated rings. The highest BCUT2D eigenvalue weighted by molar-refractivity contribution is 5.84. The molecule has 4 heteroatoms. The van der Waals surface area contributed by atoms with Gasteiger partial charge in [-0.15, -0.1) is 0 Å². The molecule has 4 nitrogen and oxygen atoms in total. The molecule has 1 rings (SSSR count). The number of aliphatic hydroxyl groups excluding tert-OH is 1. The molecule has 0 radical (unpaired) electrons. The molecule has 0 spiro atoms. The molecule has 0 aliphatic carbocycles. The van der Waals surface area contributed by atoms with Crippen LogP contribution in [0.4, 0.5) is 0 Å². The maximum absolute atomic E-state index is 10.1. The third kappa shape index (κ3) is 2.25. The van der Waals surface area contributed by atoms with Crippen LogP contribution in [-0.2, 0) is 11.4 Å². The van der Waals surface area contributed by atoms with Crippen LogP contribution in [0, 0.1) is 0 Å². The van der Waals surface area contributed by atoms with Crippen LogP contribution in [0.15, 0.2) is 22.6 Å². The number of carboxylic acids is 1. The molecule has 1 aromatic heterocycles. The van der Waals surface area contributed by atoms with Crippen LogP contribution >= 0.6 is 0 Å². The summed E-state index contributed by atoms with van der Waals surface area (Å²) in [7, 11) is 0. The Morgan fingerprint density at radius 3 is 2.83 bits per heavy atom. The fourth-order valence-electron chi connectivity index (χ4n) is 0.722. The topological polar surface area (TPSA) is 70.7 Å². The van der Waals surface area contributed by atoms with E-state index in [1.807, 2.05) is 0 Å². The highest BCUT2D eigenvalue weighted by Crippen LogP contribution is 2.08. The van der Waals surface area contributed by atoms with E-state index in [0.29, 0.717) is 11.5 Å². The number of hydrogen-bond acceptors (Lipinski definition) is 3. The Kier molecular flexibility index (Phi) is 2.66. The molecule has 0 aliphatic heterocycles. The van der Waals surface area contributed by atoms with Gasteiger partial charge >= 0.3 is 5.97 Å². The van der Waals surface area contributed by atoms with Crippen molar-refractivity contribution in [2.45, 2.75) is 6.61 Å². The van der Waals surface area contributed by atoms with E-state index in [9.17, 15) is 4.79 Å². The average Bonchev–Trinajstić information content (AvgIpc) is 2.48. The second-order valence-corrected chi connectivity index (χ2v) is 2.13. The van der Waals surface area contributed by atoms with Gasteiger partial charge in [-0.3, -0.25) is 0 Å². The molecule has 0 aromatic carbocycles. The normalized spacial score (nSPS) is 10.8. The van der Waals surface area contributed by atoms with Gasteiger partial charge in [0.05, 0.1) is 0 Å². The summed E-state index contributed by atoms with van der Waals surface area (Å²) in [4.78, 5) is 10.1. The summed E-state index contributed by atoms with van der Waals surface area (Å²) in [5.74, 6) is -0.196. The van der Waals surface area contributed by atoms with Crippen molar-refractivity contribution < 1.29 is 19.4 Å². The van der Waals surface area contributed by atoms with E-state index in [-0.39, 0.29) is 6.61 Å². The number of hydrogen-bond donors (Lipinski definition) is 2. The minimum atomic E-state index is -1.03. The molecule has 0 atom stereocenters. The Balaban J connectivity index is 2.70. The average molecular weight is 168 g/mol. The van der Waals surface area contributed by atoms with E-state index in [1.54, 1.807) is 12.1 Å². The Hall–Kier alpha value is -1.55. The van der Waals surface area contributed by atoms with Gasteiger partial charge in [0.2, 0.25) is 0 Å². The minimum absolute atomic E-state index is 0.180. The Labute approximate surface area is 68.7 Å². The first-order valence-corrected chi connectivity index (χ1v) is 3.33. The molecule has 0 saturated heterocycles. The van der Waals surface area contributed by atoms with Crippen LogP contribution in [0.3, 0.4) is 0 Å². The third-order valence-corrected chi connectivity index (χ3v) is 1.23. The Bertz CT molecular complexity index is 298. The summed E-state index contributed by atoms with van der Waals surface area (Å²) in [6.45, 7) is -0.180. The van der Waals surface area contributed by atoms with Crippen molar-refractivity contribution in [1.82, 2.24) is 0 Å². The molecule has 0 aliphatic rings. The third-order valence-electron chi connectivity index (χ3n) is 1.23. The molecule has 1 heterocycles. The SMILES string of the molecule is O=C(O)/C=C/c1ccc(CO)o1. The van der Waals surface area contributed by atoms with Crippen molar-refractivity contribution in [1.29, 1.82) is 0 Å². The zero-order valence-corrected chi connectivity index (χ0v) is 6.23. The monoisotopic (exact) mass is 168 g/mol. The van der Waals surface area contributed by atoms with Gasteiger partial charge in [0, 0.05) is 6.08 Å². The molecule has 12 heavy (non-hydrogen) atoms. The van der Waals surface area contributed by atoms with Gasteiger partial charge in [-0.25, -0.2) is 4.79 Å². The number of carbonyl (C=O) groups is 1. The lowest BCUT2D eigenvalue weighted by Crippen LogP contribution is -1.84. The number of carboxylic acid groups (broad SMARTS) is 1. The van der Waals surface area contributed by atoms with Gasteiger partial charge in [0.25, 0.3) is 0 Å². The smallest absolute Gasteiger partial charge is 0.328 e. The first kappa shape index (κ1) is 8.55. The highest BCUT2D eigenvalue weighted by atomic mass is 16.4. The van der Waals surface area contributed by atoms with Crippen LogP contribution in [0.2, 0.25) is 0 Å². The van der Waals surface area contributed by atoms with E-state index in [4.69, 9.17) is 14.6 Å². The van der Waals surface area contributed by atoms with Crippen LogP contribution < -0.4 is 0 Å². The lowest BCUT2D eigenvalue weighted by atomic mass is 10.4. The van der Waals surface area contributed by atoms with Gasteiger partial charge in [0.15, 0.2) is 0 Å². The zero-order chi connectivity index (χ0) is 8.97. The summed E-state index contributed by atoms with van der Waals surface area (Å²) < 4.78 is 4.98. The van der Waals surface area contributed by atoms with E-state index >= 15 is 0 Å². The van der Waals surface area contributed by atoms with Gasteiger partial charge < -0.3 is 14.6 Å². The second-order valence-electron chi connectivity index (χ2n) is 2.13. The predicted octanol–water partition coefficient (Wildman–Crippen LogP) is 0.870. The first-order chi connectivity index (χ1) is 5.72. The second kappa shape index (κ2) is 3.73. The van der Waals surface area contributed by atoms with Crippen LogP contribution in [0.1, 0.15) is 11.5 Å². The Morgan fingerprint density at radius 2 is 2.33 bits per heavy atom. The largest absolute Gasteiger partial charge is 0.478 e. The fourth-order valence-corrected chi connectivity index (χ4v) is 0.722. The predicted molar refractivity (Wildman–Crippen MR) is 41.3 cm³/mol. The highest BCUT2D eigenvalue weighted by Gasteiger charge is 1.96. The molecule has 64 valence electrons. The van der Waals surface area contributed by atoms with Crippen molar-refractivity contribution >= 4 is 12.0 Å². The van der Waals surface area contributed by atoms with Gasteiger partial charge in [-0.2, -0.15) is 0 Å². The quantitative estimate of drug-likeness (QED) is 0.657. The molecular weight excluding hydrogens is 160 g/mol. The number of aliphatic hydroxyl groups is 1. The van der Waals surface area contributed by atoms with Crippen LogP contribution in [0.25, 0.3) is 6.08 Å². The molecule has 0 saturated carbocycles. The maximum atomic E-state index is 10.1.